The maximum atomic E-state index is 14.9. The molecule has 1 fully saturated rings. The number of nitrogens with zero attached hydrogens (tertiary/aromatic N) is 4. The van der Waals surface area contributed by atoms with Crippen molar-refractivity contribution < 1.29 is 18.7 Å². The molecule has 3 rings (SSSR count). The van der Waals surface area contributed by atoms with Crippen LogP contribution in [0.5, 0.6) is 0 Å². The normalized spacial score (nSPS) is 15.5. The predicted octanol–water partition coefficient (Wildman–Crippen LogP) is 2.42. The van der Waals surface area contributed by atoms with Gasteiger partial charge in [-0.2, -0.15) is 10.5 Å². The number of anilines is 1. The number of pyridine rings is 1. The highest BCUT2D eigenvalue weighted by Gasteiger charge is 2.28. The van der Waals surface area contributed by atoms with Crippen LogP contribution in [0.25, 0.3) is 0 Å². The molecule has 7 nitrogen and oxygen atoms in total. The van der Waals surface area contributed by atoms with Gasteiger partial charge in [0.25, 0.3) is 0 Å². The monoisotopic (exact) mass is 443 g/mol. The van der Waals surface area contributed by atoms with Crippen LogP contribution in [0.2, 0.25) is 0 Å². The lowest BCUT2D eigenvalue weighted by molar-refractivity contribution is -0.117. The number of aromatic nitrogens is 1. The number of aliphatic hydroxyl groups excluding tert-OH is 1. The molecule has 3 N–H and O–H groups in total. The summed E-state index contributed by atoms with van der Waals surface area (Å²) in [5, 5.41) is 29.5. The van der Waals surface area contributed by atoms with Gasteiger partial charge in [-0.05, 0) is 30.5 Å². The van der Waals surface area contributed by atoms with Crippen LogP contribution in [-0.2, 0) is 17.6 Å². The highest BCUT2D eigenvalue weighted by Crippen LogP contribution is 2.38. The van der Waals surface area contributed by atoms with Crippen LogP contribution in [0.3, 0.4) is 0 Å². The Labute approximate surface area is 182 Å². The molecule has 1 aliphatic rings. The number of benzene rings is 1. The first-order valence-corrected chi connectivity index (χ1v) is 10.3. The lowest BCUT2D eigenvalue weighted by Crippen LogP contribution is -2.24. The minimum atomic E-state index is -0.949. The first-order chi connectivity index (χ1) is 14.8. The van der Waals surface area contributed by atoms with E-state index < -0.39 is 35.6 Å². The molecule has 0 spiro atoms. The summed E-state index contributed by atoms with van der Waals surface area (Å²) in [4.78, 5) is 17.4. The van der Waals surface area contributed by atoms with Crippen LogP contribution in [0.1, 0.15) is 35.6 Å². The topological polar surface area (TPSA) is 127 Å². The second-order valence-corrected chi connectivity index (χ2v) is 8.05. The fourth-order valence-corrected chi connectivity index (χ4v) is 4.48. The van der Waals surface area contributed by atoms with E-state index in [0.717, 1.165) is 17.8 Å². The smallest absolute Gasteiger partial charge is 0.222 e. The lowest BCUT2D eigenvalue weighted by Gasteiger charge is -2.21. The van der Waals surface area contributed by atoms with E-state index in [-0.39, 0.29) is 27.6 Å². The van der Waals surface area contributed by atoms with Crippen LogP contribution in [0.4, 0.5) is 14.6 Å². The van der Waals surface area contributed by atoms with E-state index in [1.807, 2.05) is 6.07 Å². The largest absolute Gasteiger partial charge is 0.391 e. The number of primary amides is 1. The second-order valence-electron chi connectivity index (χ2n) is 7.02. The zero-order valence-electron chi connectivity index (χ0n) is 16.7. The lowest BCUT2D eigenvalue weighted by atomic mass is 10.0. The Balaban J connectivity index is 2.15. The van der Waals surface area contributed by atoms with Crippen molar-refractivity contribution in [2.45, 2.75) is 42.2 Å². The van der Waals surface area contributed by atoms with E-state index in [9.17, 15) is 29.2 Å². The molecule has 0 aliphatic carbocycles. The average Bonchev–Trinajstić information content (AvgIpc) is 3.17. The number of amides is 1. The van der Waals surface area contributed by atoms with Gasteiger partial charge in [0.05, 0.1) is 28.5 Å². The average molecular weight is 443 g/mol. The molecule has 1 aliphatic heterocycles. The molecule has 10 heteroatoms. The first-order valence-electron chi connectivity index (χ1n) is 9.53. The molecule has 0 radical (unpaired) electrons. The summed E-state index contributed by atoms with van der Waals surface area (Å²) in [5.74, 6) is -2.40. The van der Waals surface area contributed by atoms with Crippen LogP contribution >= 0.6 is 11.8 Å². The van der Waals surface area contributed by atoms with Gasteiger partial charge in [-0.15, -0.1) is 0 Å². The van der Waals surface area contributed by atoms with Gasteiger partial charge in [-0.3, -0.25) is 4.79 Å². The van der Waals surface area contributed by atoms with Gasteiger partial charge in [0.15, 0.2) is 0 Å². The van der Waals surface area contributed by atoms with Crippen LogP contribution in [0.15, 0.2) is 22.1 Å². The summed E-state index contributed by atoms with van der Waals surface area (Å²) in [7, 11) is 0. The molecule has 0 unspecified atom stereocenters. The maximum Gasteiger partial charge on any atom is 0.222 e. The van der Waals surface area contributed by atoms with Crippen molar-refractivity contribution in [3.63, 3.8) is 0 Å². The Kier molecular flexibility index (Phi) is 6.74. The molecule has 1 aromatic carbocycles. The Morgan fingerprint density at radius 1 is 1.32 bits per heavy atom. The molecule has 1 amide bonds. The standard InChI is InChI=1S/C21H19F2N5O2S/c1-2-12-14(8-24)20(28-6-5-11(29)10-28)27-21(15(12)9-25)31-17-4-3-16(22)13(19(17)23)7-18(26)30/h3-4,11,29H,2,5-7,10H2,1H3,(H2,26,30)/t11-/m0/s1. The quantitative estimate of drug-likeness (QED) is 0.702. The number of halogens is 2. The summed E-state index contributed by atoms with van der Waals surface area (Å²) in [5.41, 5.74) is 5.48. The van der Waals surface area contributed by atoms with Crippen molar-refractivity contribution >= 4 is 23.5 Å². The molecule has 0 saturated carbocycles. The number of carbonyl (C=O) groups is 1. The third kappa shape index (κ3) is 4.46. The highest BCUT2D eigenvalue weighted by atomic mass is 32.2. The number of nitriles is 2. The van der Waals surface area contributed by atoms with Crippen molar-refractivity contribution in [2.75, 3.05) is 18.0 Å². The summed E-state index contributed by atoms with van der Waals surface area (Å²) in [6.07, 6.45) is -0.283. The predicted molar refractivity (Wildman–Crippen MR) is 109 cm³/mol. The molecule has 1 saturated heterocycles. The van der Waals surface area contributed by atoms with E-state index in [0.29, 0.717) is 30.8 Å². The van der Waals surface area contributed by atoms with Gasteiger partial charge in [-0.1, -0.05) is 18.7 Å². The molecular weight excluding hydrogens is 424 g/mol. The molecule has 0 bridgehead atoms. The zero-order valence-corrected chi connectivity index (χ0v) is 17.5. The number of rotatable bonds is 6. The Morgan fingerprint density at radius 3 is 2.58 bits per heavy atom. The fraction of sp³-hybridized carbons (Fsp3) is 0.333. The van der Waals surface area contributed by atoms with Gasteiger partial charge in [0, 0.05) is 18.7 Å². The third-order valence-corrected chi connectivity index (χ3v) is 6.02. The summed E-state index contributed by atoms with van der Waals surface area (Å²) in [6, 6.07) is 6.37. The van der Waals surface area contributed by atoms with Crippen molar-refractivity contribution in [3.8, 4) is 12.1 Å². The third-order valence-electron chi connectivity index (χ3n) is 5.00. The summed E-state index contributed by atoms with van der Waals surface area (Å²) < 4.78 is 28.9. The SMILES string of the molecule is CCc1c(C#N)c(Sc2ccc(F)c(CC(N)=O)c2F)nc(N2CC[C@H](O)C2)c1C#N. The molecule has 160 valence electrons. The van der Waals surface area contributed by atoms with E-state index in [1.165, 1.54) is 6.07 Å². The van der Waals surface area contributed by atoms with Crippen LogP contribution < -0.4 is 10.6 Å². The molecule has 31 heavy (non-hydrogen) atoms. The number of aliphatic hydroxyl groups is 1. The summed E-state index contributed by atoms with van der Waals surface area (Å²) in [6.45, 7) is 2.56. The van der Waals surface area contributed by atoms with Gasteiger partial charge >= 0.3 is 0 Å². The first kappa shape index (κ1) is 22.5. The van der Waals surface area contributed by atoms with E-state index in [1.54, 1.807) is 11.8 Å². The summed E-state index contributed by atoms with van der Waals surface area (Å²) >= 11 is 0.812. The number of hydrogen-bond donors (Lipinski definition) is 2. The van der Waals surface area contributed by atoms with Gasteiger partial charge in [-0.25, -0.2) is 13.8 Å². The number of carbonyl (C=O) groups excluding carboxylic acids is 1. The van der Waals surface area contributed by atoms with Crippen molar-refractivity contribution in [3.05, 3.63) is 46.0 Å². The van der Waals surface area contributed by atoms with Gasteiger partial charge < -0.3 is 15.7 Å². The second kappa shape index (κ2) is 9.29. The van der Waals surface area contributed by atoms with E-state index >= 15 is 0 Å². The number of hydrogen-bond acceptors (Lipinski definition) is 7. The Hall–Kier alpha value is -3.21. The van der Waals surface area contributed by atoms with Crippen LogP contribution in [0, 0.1) is 34.3 Å². The van der Waals surface area contributed by atoms with Gasteiger partial charge in [0.2, 0.25) is 5.91 Å². The Bertz CT molecular complexity index is 1130. The Morgan fingerprint density at radius 2 is 2.03 bits per heavy atom. The molecule has 1 atom stereocenters. The molecule has 2 aromatic rings. The van der Waals surface area contributed by atoms with Crippen molar-refractivity contribution in [1.82, 2.24) is 4.98 Å². The minimum Gasteiger partial charge on any atom is -0.391 e. The van der Waals surface area contributed by atoms with Gasteiger partial charge in [0.1, 0.15) is 34.6 Å². The molecule has 1 aromatic heterocycles. The van der Waals surface area contributed by atoms with Crippen molar-refractivity contribution in [1.29, 1.82) is 10.5 Å². The van der Waals surface area contributed by atoms with Crippen LogP contribution in [-0.4, -0.2) is 35.2 Å². The fourth-order valence-electron chi connectivity index (χ4n) is 3.52. The zero-order chi connectivity index (χ0) is 22.7. The van der Waals surface area contributed by atoms with Crippen molar-refractivity contribution in [2.24, 2.45) is 5.73 Å². The number of β-amino-alcohol motifs (C(OH)–C–C–N with tert-alkyl or cyclic N) is 1. The molecule has 2 heterocycles. The maximum absolute atomic E-state index is 14.9. The van der Waals surface area contributed by atoms with E-state index in [4.69, 9.17) is 5.73 Å². The number of nitrogens with two attached hydrogens (primary N) is 1. The van der Waals surface area contributed by atoms with E-state index in [2.05, 4.69) is 11.1 Å². The highest BCUT2D eigenvalue weighted by molar-refractivity contribution is 7.99. The molecular formula is C21H19F2N5O2S. The minimum absolute atomic E-state index is 0.0270.